The average molecular weight is 314 g/mol. The van der Waals surface area contributed by atoms with E-state index in [1.54, 1.807) is 23.2 Å². The first-order valence-electron chi connectivity index (χ1n) is 3.45. The normalized spacial score (nSPS) is 10.6. The summed E-state index contributed by atoms with van der Waals surface area (Å²) in [5.74, 6) is 0.00167. The Morgan fingerprint density at radius 1 is 1.54 bits per heavy atom. The number of sulfone groups is 1. The van der Waals surface area contributed by atoms with E-state index in [4.69, 9.17) is 0 Å². The van der Waals surface area contributed by atoms with Crippen molar-refractivity contribution in [1.29, 1.82) is 0 Å². The molecule has 0 N–H and O–H groups in total. The summed E-state index contributed by atoms with van der Waals surface area (Å²) in [6.45, 7) is 0. The third-order valence-electron chi connectivity index (χ3n) is 1.30. The molecule has 0 spiro atoms. The van der Waals surface area contributed by atoms with Gasteiger partial charge in [0, 0.05) is 6.26 Å². The highest BCUT2D eigenvalue weighted by Gasteiger charge is 2.07. The predicted molar refractivity (Wildman–Crippen MR) is 44.0 cm³/mol. The van der Waals surface area contributed by atoms with E-state index < -0.39 is 9.84 Å². The van der Waals surface area contributed by atoms with E-state index in [1.165, 1.54) is 6.26 Å². The Morgan fingerprint density at radius 3 is 2.62 bits per heavy atom. The van der Waals surface area contributed by atoms with Crippen molar-refractivity contribution < 1.29 is 37.0 Å². The maximum atomic E-state index is 10.9. The zero-order valence-corrected chi connectivity index (χ0v) is 10.4. The molecule has 1 rings (SSSR count). The number of halogens is 1. The number of nitrogens with zero attached hydrogens (tertiary/aromatic N) is 2. The number of hydrogen-bond acceptors (Lipinski definition) is 3. The quantitative estimate of drug-likeness (QED) is 0.420. The van der Waals surface area contributed by atoms with Crippen LogP contribution in [0.15, 0.2) is 18.6 Å². The van der Waals surface area contributed by atoms with Crippen LogP contribution in [-0.2, 0) is 22.6 Å². The highest BCUT2D eigenvalue weighted by Crippen LogP contribution is 1.96. The second-order valence-corrected chi connectivity index (χ2v) is 4.92. The fourth-order valence-electron chi connectivity index (χ4n) is 0.889. The van der Waals surface area contributed by atoms with Crippen LogP contribution < -0.4 is 28.5 Å². The topological polar surface area (TPSA) is 50.9 Å². The molecular weight excluding hydrogens is 303 g/mol. The molecule has 0 radical (unpaired) electrons. The third kappa shape index (κ3) is 5.14. The maximum Gasteiger partial charge on any atom is 0.191 e. The van der Waals surface area contributed by atoms with Crippen LogP contribution in [-0.4, -0.2) is 19.7 Å². The van der Waals surface area contributed by atoms with Gasteiger partial charge in [0.05, 0.1) is 11.9 Å². The molecule has 1 heterocycles. The molecule has 0 aliphatic carbocycles. The first kappa shape index (κ1) is 12.8. The minimum atomic E-state index is -2.97. The molecule has 0 bridgehead atoms. The van der Waals surface area contributed by atoms with Crippen LogP contribution in [0, 0.1) is 0 Å². The van der Waals surface area contributed by atoms with Gasteiger partial charge in [-0.2, -0.15) is 0 Å². The molecule has 0 fully saturated rings. The summed E-state index contributed by atoms with van der Waals surface area (Å²) in [5.41, 5.74) is 0.572. The molecule has 0 atom stereocenters. The van der Waals surface area contributed by atoms with Crippen molar-refractivity contribution >= 4 is 9.84 Å². The third-order valence-corrected chi connectivity index (χ3v) is 2.13. The van der Waals surface area contributed by atoms with Gasteiger partial charge < -0.3 is 24.0 Å². The Morgan fingerprint density at radius 2 is 2.15 bits per heavy atom. The lowest BCUT2D eigenvalue weighted by Gasteiger charge is -1.94. The lowest BCUT2D eigenvalue weighted by molar-refractivity contribution is -0.672. The number of aryl methyl sites for hydroxylation is 1. The SMILES string of the molecule is C[n+]1ccnc(CS(C)(=O)=O)c1.[I-]. The Bertz CT molecular complexity index is 378. The van der Waals surface area contributed by atoms with E-state index in [1.807, 2.05) is 7.05 Å². The fraction of sp³-hybridized carbons (Fsp3) is 0.429. The molecule has 4 nitrogen and oxygen atoms in total. The summed E-state index contributed by atoms with van der Waals surface area (Å²) >= 11 is 0. The summed E-state index contributed by atoms with van der Waals surface area (Å²) in [6, 6.07) is 0. The molecule has 74 valence electrons. The molecule has 1 aromatic heterocycles. The lowest BCUT2D eigenvalue weighted by Crippen LogP contribution is -3.00. The van der Waals surface area contributed by atoms with Crippen LogP contribution >= 0.6 is 0 Å². The summed E-state index contributed by atoms with van der Waals surface area (Å²) < 4.78 is 23.5. The molecule has 0 unspecified atom stereocenters. The molecule has 0 aliphatic heterocycles. The average Bonchev–Trinajstić information content (AvgIpc) is 1.82. The van der Waals surface area contributed by atoms with Crippen molar-refractivity contribution in [3.05, 3.63) is 24.3 Å². The molecule has 6 heteroatoms. The van der Waals surface area contributed by atoms with E-state index in [0.29, 0.717) is 5.69 Å². The number of hydrogen-bond donors (Lipinski definition) is 0. The first-order valence-corrected chi connectivity index (χ1v) is 5.51. The molecule has 0 aromatic carbocycles. The van der Waals surface area contributed by atoms with Crippen molar-refractivity contribution in [2.45, 2.75) is 5.75 Å². The fourth-order valence-corrected chi connectivity index (χ4v) is 1.58. The molecule has 0 saturated carbocycles. The molecular formula is C7H11IN2O2S. The summed E-state index contributed by atoms with van der Waals surface area (Å²) in [6.07, 6.45) is 6.23. The van der Waals surface area contributed by atoms with Gasteiger partial charge in [0.1, 0.15) is 12.7 Å². The van der Waals surface area contributed by atoms with Gasteiger partial charge in [-0.25, -0.2) is 18.0 Å². The van der Waals surface area contributed by atoms with Crippen LogP contribution in [0.3, 0.4) is 0 Å². The Balaban J connectivity index is 0.00000144. The number of rotatable bonds is 2. The van der Waals surface area contributed by atoms with Crippen molar-refractivity contribution in [3.63, 3.8) is 0 Å². The van der Waals surface area contributed by atoms with Gasteiger partial charge in [-0.3, -0.25) is 0 Å². The predicted octanol–water partition coefficient (Wildman–Crippen LogP) is -3.55. The van der Waals surface area contributed by atoms with Crippen LogP contribution in [0.2, 0.25) is 0 Å². The number of aromatic nitrogens is 2. The molecule has 0 amide bonds. The van der Waals surface area contributed by atoms with E-state index in [0.717, 1.165) is 0 Å². The monoisotopic (exact) mass is 314 g/mol. The van der Waals surface area contributed by atoms with Crippen LogP contribution in [0.5, 0.6) is 0 Å². The van der Waals surface area contributed by atoms with Gasteiger partial charge in [0.2, 0.25) is 0 Å². The smallest absolute Gasteiger partial charge is 0.191 e. The Labute approximate surface area is 94.9 Å². The van der Waals surface area contributed by atoms with Gasteiger partial charge in [0.25, 0.3) is 0 Å². The van der Waals surface area contributed by atoms with Gasteiger partial charge in [0.15, 0.2) is 22.2 Å². The zero-order chi connectivity index (χ0) is 9.19. The summed E-state index contributed by atoms with van der Waals surface area (Å²) in [4.78, 5) is 3.92. The van der Waals surface area contributed by atoms with Gasteiger partial charge in [-0.05, 0) is 0 Å². The largest absolute Gasteiger partial charge is 1.00 e. The van der Waals surface area contributed by atoms with E-state index in [9.17, 15) is 8.42 Å². The van der Waals surface area contributed by atoms with Crippen molar-refractivity contribution in [2.24, 2.45) is 7.05 Å². The van der Waals surface area contributed by atoms with Crippen LogP contribution in [0.1, 0.15) is 5.69 Å². The first-order chi connectivity index (χ1) is 5.47. The second kappa shape index (κ2) is 4.85. The highest BCUT2D eigenvalue weighted by molar-refractivity contribution is 7.89. The zero-order valence-electron chi connectivity index (χ0n) is 7.44. The minimum absolute atomic E-state index is 0. The van der Waals surface area contributed by atoms with E-state index >= 15 is 0 Å². The molecule has 0 aliphatic rings. The Kier molecular flexibility index (Phi) is 4.76. The van der Waals surface area contributed by atoms with Crippen LogP contribution in [0.25, 0.3) is 0 Å². The molecule has 0 saturated heterocycles. The maximum absolute atomic E-state index is 10.9. The van der Waals surface area contributed by atoms with Crippen molar-refractivity contribution in [3.8, 4) is 0 Å². The van der Waals surface area contributed by atoms with Crippen molar-refractivity contribution in [2.75, 3.05) is 6.26 Å². The van der Waals surface area contributed by atoms with Crippen LogP contribution in [0.4, 0.5) is 0 Å². The standard InChI is InChI=1S/C7H11N2O2S.HI/c1-9-4-3-8-7(5-9)6-12(2,10)11;/h3-5H,6H2,1-2H3;1H/q+1;/p-1. The van der Waals surface area contributed by atoms with Crippen molar-refractivity contribution in [1.82, 2.24) is 4.98 Å². The molecule has 1 aromatic rings. The lowest BCUT2D eigenvalue weighted by atomic mass is 10.5. The summed E-state index contributed by atoms with van der Waals surface area (Å²) in [7, 11) is -1.14. The highest BCUT2D eigenvalue weighted by atomic mass is 127. The second-order valence-electron chi connectivity index (χ2n) is 2.78. The van der Waals surface area contributed by atoms with E-state index in [2.05, 4.69) is 4.98 Å². The van der Waals surface area contributed by atoms with E-state index in [-0.39, 0.29) is 29.7 Å². The molecule has 13 heavy (non-hydrogen) atoms. The Hall–Kier alpha value is -0.240. The summed E-state index contributed by atoms with van der Waals surface area (Å²) in [5, 5.41) is 0. The van der Waals surface area contributed by atoms with Gasteiger partial charge in [-0.15, -0.1) is 0 Å². The van der Waals surface area contributed by atoms with Gasteiger partial charge in [-0.1, -0.05) is 0 Å². The van der Waals surface area contributed by atoms with Gasteiger partial charge >= 0.3 is 0 Å². The minimum Gasteiger partial charge on any atom is -1.00 e.